The molecule has 2 atom stereocenters. The van der Waals surface area contributed by atoms with Crippen molar-refractivity contribution in [1.82, 2.24) is 9.97 Å². The molecule has 2 heterocycles. The number of hydrogen-bond donors (Lipinski definition) is 1. The third-order valence-corrected chi connectivity index (χ3v) is 3.28. The number of aromatic nitrogens is 2. The summed E-state index contributed by atoms with van der Waals surface area (Å²) in [6.45, 7) is 3.97. The number of nitrogens with two attached hydrogens (primary N) is 1. The highest BCUT2D eigenvalue weighted by Gasteiger charge is 2.23. The zero-order chi connectivity index (χ0) is 12.3. The third kappa shape index (κ3) is 2.71. The highest BCUT2D eigenvalue weighted by Crippen LogP contribution is 2.22. The first-order valence-electron chi connectivity index (χ1n) is 5.93. The second-order valence-electron chi connectivity index (χ2n) is 4.58. The van der Waals surface area contributed by atoms with Gasteiger partial charge < -0.3 is 10.6 Å². The third-order valence-electron chi connectivity index (χ3n) is 3.28. The monoisotopic (exact) mass is 231 g/mol. The van der Waals surface area contributed by atoms with Gasteiger partial charge in [0.1, 0.15) is 11.9 Å². The van der Waals surface area contributed by atoms with Crippen LogP contribution in [0.5, 0.6) is 0 Å². The molecule has 1 saturated heterocycles. The number of hydrogen-bond acceptors (Lipinski definition) is 5. The van der Waals surface area contributed by atoms with Crippen molar-refractivity contribution < 1.29 is 0 Å². The number of nitriles is 1. The molecule has 1 aromatic heterocycles. The normalized spacial score (nSPS) is 21.9. The second kappa shape index (κ2) is 5.11. The maximum Gasteiger partial charge on any atom is 0.158 e. The molecule has 0 saturated carbocycles. The lowest BCUT2D eigenvalue weighted by Gasteiger charge is -2.35. The van der Waals surface area contributed by atoms with E-state index in [0.29, 0.717) is 11.6 Å². The van der Waals surface area contributed by atoms with E-state index in [1.165, 1.54) is 12.6 Å². The van der Waals surface area contributed by atoms with E-state index in [2.05, 4.69) is 21.8 Å². The van der Waals surface area contributed by atoms with Gasteiger partial charge in [0, 0.05) is 19.1 Å². The fourth-order valence-electron chi connectivity index (χ4n) is 2.19. The number of piperidine rings is 1. The topological polar surface area (TPSA) is 78.8 Å². The van der Waals surface area contributed by atoms with Crippen LogP contribution in [0.3, 0.4) is 0 Å². The molecule has 2 N–H and O–H groups in total. The van der Waals surface area contributed by atoms with Crippen molar-refractivity contribution in [3.05, 3.63) is 18.1 Å². The van der Waals surface area contributed by atoms with Gasteiger partial charge in [-0.15, -0.1) is 0 Å². The molecular formula is C12H17N5. The van der Waals surface area contributed by atoms with Crippen molar-refractivity contribution in [1.29, 1.82) is 5.26 Å². The Bertz CT molecular complexity index is 406. The van der Waals surface area contributed by atoms with Gasteiger partial charge in [-0.25, -0.2) is 9.97 Å². The summed E-state index contributed by atoms with van der Waals surface area (Å²) < 4.78 is 0. The van der Waals surface area contributed by atoms with E-state index in [4.69, 9.17) is 11.0 Å². The van der Waals surface area contributed by atoms with Gasteiger partial charge in [-0.2, -0.15) is 5.26 Å². The Labute approximate surface area is 101 Å². The minimum atomic E-state index is 0.212. The van der Waals surface area contributed by atoms with E-state index in [0.717, 1.165) is 25.3 Å². The molecule has 90 valence electrons. The zero-order valence-electron chi connectivity index (χ0n) is 10.0. The summed E-state index contributed by atoms with van der Waals surface area (Å²) in [5.41, 5.74) is 6.30. The number of rotatable bonds is 2. The van der Waals surface area contributed by atoms with Crippen LogP contribution in [0.4, 0.5) is 5.82 Å². The molecule has 17 heavy (non-hydrogen) atoms. The molecule has 1 fully saturated rings. The van der Waals surface area contributed by atoms with Crippen LogP contribution in [0.25, 0.3) is 0 Å². The van der Waals surface area contributed by atoms with E-state index < -0.39 is 0 Å². The first-order valence-corrected chi connectivity index (χ1v) is 5.93. The Hall–Kier alpha value is -1.67. The summed E-state index contributed by atoms with van der Waals surface area (Å²) in [4.78, 5) is 10.5. The lowest BCUT2D eigenvalue weighted by Crippen LogP contribution is -2.42. The zero-order valence-corrected chi connectivity index (χ0v) is 10.0. The molecule has 1 aliphatic rings. The lowest BCUT2D eigenvalue weighted by atomic mass is 9.92. The van der Waals surface area contributed by atoms with E-state index in [-0.39, 0.29) is 6.04 Å². The van der Waals surface area contributed by atoms with Crippen molar-refractivity contribution in [2.24, 2.45) is 11.7 Å². The van der Waals surface area contributed by atoms with Gasteiger partial charge >= 0.3 is 0 Å². The summed E-state index contributed by atoms with van der Waals surface area (Å²) in [6, 6.07) is 2.18. The quantitative estimate of drug-likeness (QED) is 0.818. The Morgan fingerprint density at radius 1 is 1.53 bits per heavy atom. The second-order valence-corrected chi connectivity index (χ2v) is 4.58. The fourth-order valence-corrected chi connectivity index (χ4v) is 2.19. The van der Waals surface area contributed by atoms with Gasteiger partial charge in [0.2, 0.25) is 0 Å². The average Bonchev–Trinajstić information content (AvgIpc) is 2.39. The number of nitrogens with zero attached hydrogens (tertiary/aromatic N) is 4. The minimum absolute atomic E-state index is 0.212. The standard InChI is InChI=1S/C12H17N5/c1-9(14)10-3-2-4-17(8-10)12-7-15-11(5-13)6-16-12/h6-7,9-10H,2-4,8,14H2,1H3. The maximum absolute atomic E-state index is 8.67. The first kappa shape index (κ1) is 11.8. The van der Waals surface area contributed by atoms with Crippen LogP contribution in [0.2, 0.25) is 0 Å². The Morgan fingerprint density at radius 3 is 2.94 bits per heavy atom. The van der Waals surface area contributed by atoms with Crippen LogP contribution in [0.1, 0.15) is 25.5 Å². The van der Waals surface area contributed by atoms with Crippen molar-refractivity contribution in [2.45, 2.75) is 25.8 Å². The SMILES string of the molecule is CC(N)C1CCCN(c2cnc(C#N)cn2)C1. The van der Waals surface area contributed by atoms with Crippen LogP contribution in [-0.4, -0.2) is 29.1 Å². The van der Waals surface area contributed by atoms with Gasteiger partial charge in [0.25, 0.3) is 0 Å². The predicted octanol–water partition coefficient (Wildman–Crippen LogP) is 0.912. The Kier molecular flexibility index (Phi) is 3.55. The fraction of sp³-hybridized carbons (Fsp3) is 0.583. The van der Waals surface area contributed by atoms with Crippen molar-refractivity contribution >= 4 is 5.82 Å². The molecule has 0 aliphatic carbocycles. The summed E-state index contributed by atoms with van der Waals surface area (Å²) in [6.07, 6.45) is 5.50. The van der Waals surface area contributed by atoms with Gasteiger partial charge in [-0.3, -0.25) is 0 Å². The predicted molar refractivity (Wildman–Crippen MR) is 65.3 cm³/mol. The first-order chi connectivity index (χ1) is 8.20. The number of anilines is 1. The Balaban J connectivity index is 2.08. The minimum Gasteiger partial charge on any atom is -0.355 e. The van der Waals surface area contributed by atoms with Crippen LogP contribution in [0, 0.1) is 17.2 Å². The van der Waals surface area contributed by atoms with Gasteiger partial charge in [0.15, 0.2) is 5.69 Å². The molecule has 0 bridgehead atoms. The molecule has 0 radical (unpaired) electrons. The molecule has 0 amide bonds. The lowest BCUT2D eigenvalue weighted by molar-refractivity contribution is 0.363. The van der Waals surface area contributed by atoms with Crippen LogP contribution in [0.15, 0.2) is 12.4 Å². The van der Waals surface area contributed by atoms with E-state index >= 15 is 0 Å². The van der Waals surface area contributed by atoms with E-state index in [1.54, 1.807) is 6.20 Å². The molecule has 1 aliphatic heterocycles. The van der Waals surface area contributed by atoms with Crippen molar-refractivity contribution in [3.8, 4) is 6.07 Å². The highest BCUT2D eigenvalue weighted by atomic mass is 15.2. The van der Waals surface area contributed by atoms with Crippen LogP contribution >= 0.6 is 0 Å². The van der Waals surface area contributed by atoms with Crippen LogP contribution < -0.4 is 10.6 Å². The van der Waals surface area contributed by atoms with Crippen LogP contribution in [-0.2, 0) is 0 Å². The van der Waals surface area contributed by atoms with E-state index in [9.17, 15) is 0 Å². The largest absolute Gasteiger partial charge is 0.355 e. The van der Waals surface area contributed by atoms with Crippen molar-refractivity contribution in [3.63, 3.8) is 0 Å². The molecule has 1 aromatic rings. The molecule has 2 rings (SSSR count). The Morgan fingerprint density at radius 2 is 2.35 bits per heavy atom. The maximum atomic E-state index is 8.67. The smallest absolute Gasteiger partial charge is 0.158 e. The summed E-state index contributed by atoms with van der Waals surface area (Å²) >= 11 is 0. The van der Waals surface area contributed by atoms with E-state index in [1.807, 2.05) is 6.07 Å². The van der Waals surface area contributed by atoms with Gasteiger partial charge in [-0.1, -0.05) is 0 Å². The highest BCUT2D eigenvalue weighted by molar-refractivity contribution is 5.37. The molecular weight excluding hydrogens is 214 g/mol. The van der Waals surface area contributed by atoms with Gasteiger partial charge in [-0.05, 0) is 25.7 Å². The molecule has 0 aromatic carbocycles. The van der Waals surface area contributed by atoms with Gasteiger partial charge in [0.05, 0.1) is 12.4 Å². The summed E-state index contributed by atoms with van der Waals surface area (Å²) in [7, 11) is 0. The molecule has 0 spiro atoms. The molecule has 5 nitrogen and oxygen atoms in total. The average molecular weight is 231 g/mol. The van der Waals surface area contributed by atoms with Crippen molar-refractivity contribution in [2.75, 3.05) is 18.0 Å². The molecule has 2 unspecified atom stereocenters. The summed E-state index contributed by atoms with van der Waals surface area (Å²) in [5.74, 6) is 1.36. The summed E-state index contributed by atoms with van der Waals surface area (Å²) in [5, 5.41) is 8.67. The molecule has 5 heteroatoms.